The maximum Gasteiger partial charge on any atom is 0.292 e. The van der Waals surface area contributed by atoms with E-state index in [4.69, 9.17) is 4.74 Å². The molecule has 0 aromatic heterocycles. The molecule has 2 aliphatic heterocycles. The van der Waals surface area contributed by atoms with Crippen LogP contribution in [0.25, 0.3) is 0 Å². The zero-order chi connectivity index (χ0) is 17.2. The van der Waals surface area contributed by atoms with Crippen LogP contribution in [0.2, 0.25) is 0 Å². The van der Waals surface area contributed by atoms with Crippen molar-refractivity contribution in [2.45, 2.75) is 13.0 Å². The Kier molecular flexibility index (Phi) is 4.28. The molecule has 0 radical (unpaired) electrons. The van der Waals surface area contributed by atoms with E-state index in [0.717, 1.165) is 31.7 Å². The van der Waals surface area contributed by atoms with Gasteiger partial charge in [-0.25, -0.2) is 0 Å². The van der Waals surface area contributed by atoms with Crippen LogP contribution < -0.4 is 9.80 Å². The van der Waals surface area contributed by atoms with Crippen LogP contribution in [-0.4, -0.2) is 37.8 Å². The number of benzene rings is 2. The van der Waals surface area contributed by atoms with Crippen molar-refractivity contribution < 1.29 is 9.66 Å². The predicted molar refractivity (Wildman–Crippen MR) is 97.3 cm³/mol. The third kappa shape index (κ3) is 3.17. The number of nitrogens with zero attached hydrogens (tertiary/aromatic N) is 3. The molecule has 2 aromatic carbocycles. The van der Waals surface area contributed by atoms with Gasteiger partial charge in [0.05, 0.1) is 18.1 Å². The number of fused-ring (bicyclic) bond motifs is 1. The number of nitro benzene ring substituents is 1. The number of ether oxygens (including phenoxy) is 1. The molecule has 2 aliphatic rings. The third-order valence-corrected chi connectivity index (χ3v) is 5.00. The minimum Gasteiger partial charge on any atom is -0.378 e. The van der Waals surface area contributed by atoms with Gasteiger partial charge in [0.25, 0.3) is 5.69 Å². The monoisotopic (exact) mass is 339 g/mol. The average Bonchev–Trinajstić information content (AvgIpc) is 2.67. The molecule has 6 nitrogen and oxygen atoms in total. The molecule has 2 aromatic rings. The summed E-state index contributed by atoms with van der Waals surface area (Å²) in [7, 11) is 0. The van der Waals surface area contributed by atoms with Gasteiger partial charge in [-0.05, 0) is 29.7 Å². The number of rotatable bonds is 3. The second-order valence-electron chi connectivity index (χ2n) is 6.47. The number of hydrogen-bond donors (Lipinski definition) is 0. The molecule has 0 atom stereocenters. The molecule has 0 bridgehead atoms. The Balaban J connectivity index is 1.68. The average molecular weight is 339 g/mol. The summed E-state index contributed by atoms with van der Waals surface area (Å²) in [6.07, 6.45) is 0.912. The molecule has 6 heteroatoms. The van der Waals surface area contributed by atoms with E-state index < -0.39 is 0 Å². The minimum atomic E-state index is -0.279. The SMILES string of the molecule is O=[N+]([O-])c1ccc(N2CCOCC2)cc1N1CCc2ccccc2C1. The van der Waals surface area contributed by atoms with Gasteiger partial charge in [0.15, 0.2) is 0 Å². The Bertz CT molecular complexity index is 787. The molecule has 0 N–H and O–H groups in total. The maximum absolute atomic E-state index is 11.5. The number of hydrogen-bond acceptors (Lipinski definition) is 5. The van der Waals surface area contributed by atoms with Crippen LogP contribution in [0.1, 0.15) is 11.1 Å². The predicted octanol–water partition coefficient (Wildman–Crippen LogP) is 2.99. The van der Waals surface area contributed by atoms with Gasteiger partial charge < -0.3 is 14.5 Å². The van der Waals surface area contributed by atoms with Crippen molar-refractivity contribution in [3.05, 3.63) is 63.7 Å². The highest BCUT2D eigenvalue weighted by molar-refractivity contribution is 5.71. The van der Waals surface area contributed by atoms with E-state index in [1.165, 1.54) is 11.1 Å². The lowest BCUT2D eigenvalue weighted by Gasteiger charge is -2.33. The smallest absolute Gasteiger partial charge is 0.292 e. The Morgan fingerprint density at radius 3 is 2.48 bits per heavy atom. The van der Waals surface area contributed by atoms with Crippen molar-refractivity contribution in [2.24, 2.45) is 0 Å². The van der Waals surface area contributed by atoms with Crippen LogP contribution in [0.5, 0.6) is 0 Å². The van der Waals surface area contributed by atoms with Crippen molar-refractivity contribution in [3.8, 4) is 0 Å². The van der Waals surface area contributed by atoms with Gasteiger partial charge in [-0.3, -0.25) is 10.1 Å². The van der Waals surface area contributed by atoms with Crippen LogP contribution in [0.3, 0.4) is 0 Å². The van der Waals surface area contributed by atoms with Crippen molar-refractivity contribution in [3.63, 3.8) is 0 Å². The van der Waals surface area contributed by atoms with Crippen molar-refractivity contribution in [2.75, 3.05) is 42.6 Å². The van der Waals surface area contributed by atoms with Crippen LogP contribution in [-0.2, 0) is 17.7 Å². The van der Waals surface area contributed by atoms with E-state index in [1.807, 2.05) is 18.2 Å². The zero-order valence-corrected chi connectivity index (χ0v) is 14.1. The third-order valence-electron chi connectivity index (χ3n) is 5.00. The molecule has 1 saturated heterocycles. The summed E-state index contributed by atoms with van der Waals surface area (Å²) in [5.74, 6) is 0. The van der Waals surface area contributed by atoms with Gasteiger partial charge in [-0.1, -0.05) is 24.3 Å². The first kappa shape index (κ1) is 15.9. The van der Waals surface area contributed by atoms with Gasteiger partial charge in [-0.2, -0.15) is 0 Å². The number of anilines is 2. The molecule has 130 valence electrons. The molecule has 4 rings (SSSR count). The fourth-order valence-corrected chi connectivity index (χ4v) is 3.64. The fourth-order valence-electron chi connectivity index (χ4n) is 3.64. The molecule has 0 unspecified atom stereocenters. The second kappa shape index (κ2) is 6.72. The quantitative estimate of drug-likeness (QED) is 0.635. The highest BCUT2D eigenvalue weighted by Gasteiger charge is 2.25. The molecule has 2 heterocycles. The van der Waals surface area contributed by atoms with Crippen LogP contribution >= 0.6 is 0 Å². The fraction of sp³-hybridized carbons (Fsp3) is 0.368. The maximum atomic E-state index is 11.5. The van der Waals surface area contributed by atoms with Crippen molar-refractivity contribution in [1.82, 2.24) is 0 Å². The van der Waals surface area contributed by atoms with E-state index in [9.17, 15) is 10.1 Å². The Morgan fingerprint density at radius 1 is 0.960 bits per heavy atom. The highest BCUT2D eigenvalue weighted by Crippen LogP contribution is 2.35. The lowest BCUT2D eigenvalue weighted by atomic mass is 9.99. The molecule has 0 saturated carbocycles. The molecule has 1 fully saturated rings. The van der Waals surface area contributed by atoms with Gasteiger partial charge in [0.2, 0.25) is 0 Å². The molecule has 25 heavy (non-hydrogen) atoms. The highest BCUT2D eigenvalue weighted by atomic mass is 16.6. The lowest BCUT2D eigenvalue weighted by molar-refractivity contribution is -0.384. The molecular formula is C19H21N3O3. The lowest BCUT2D eigenvalue weighted by Crippen LogP contribution is -2.36. The van der Waals surface area contributed by atoms with E-state index in [-0.39, 0.29) is 10.6 Å². The first-order valence-electron chi connectivity index (χ1n) is 8.65. The van der Waals surface area contributed by atoms with Gasteiger partial charge >= 0.3 is 0 Å². The molecule has 0 amide bonds. The van der Waals surface area contributed by atoms with Crippen molar-refractivity contribution in [1.29, 1.82) is 0 Å². The summed E-state index contributed by atoms with van der Waals surface area (Å²) in [5, 5.41) is 11.5. The summed E-state index contributed by atoms with van der Waals surface area (Å²) >= 11 is 0. The standard InChI is InChI=1S/C19H21N3O3/c23-22(24)18-6-5-17(20-9-11-25-12-10-20)13-19(18)21-8-7-15-3-1-2-4-16(15)14-21/h1-6,13H,7-12,14H2. The van der Waals surface area contributed by atoms with Gasteiger partial charge in [-0.15, -0.1) is 0 Å². The normalized spacial score (nSPS) is 17.3. The minimum absolute atomic E-state index is 0.177. The van der Waals surface area contributed by atoms with Crippen molar-refractivity contribution >= 4 is 17.1 Å². The van der Waals surface area contributed by atoms with Crippen LogP contribution in [0.4, 0.5) is 17.1 Å². The largest absolute Gasteiger partial charge is 0.378 e. The molecular weight excluding hydrogens is 318 g/mol. The molecule has 0 spiro atoms. The topological polar surface area (TPSA) is 58.9 Å². The van der Waals surface area contributed by atoms with E-state index in [2.05, 4.69) is 28.0 Å². The summed E-state index contributed by atoms with van der Waals surface area (Å²) in [6, 6.07) is 13.8. The Morgan fingerprint density at radius 2 is 1.72 bits per heavy atom. The van der Waals surface area contributed by atoms with E-state index >= 15 is 0 Å². The Hall–Kier alpha value is -2.60. The van der Waals surface area contributed by atoms with E-state index in [1.54, 1.807) is 6.07 Å². The Labute approximate surface area is 146 Å². The number of morpholine rings is 1. The zero-order valence-electron chi connectivity index (χ0n) is 14.1. The summed E-state index contributed by atoms with van der Waals surface area (Å²) in [6.45, 7) is 4.54. The van der Waals surface area contributed by atoms with Gasteiger partial charge in [0, 0.05) is 37.9 Å². The molecule has 0 aliphatic carbocycles. The first-order valence-corrected chi connectivity index (χ1v) is 8.65. The van der Waals surface area contributed by atoms with Crippen LogP contribution in [0.15, 0.2) is 42.5 Å². The first-order chi connectivity index (χ1) is 12.2. The van der Waals surface area contributed by atoms with Gasteiger partial charge in [0.1, 0.15) is 5.69 Å². The summed E-state index contributed by atoms with van der Waals surface area (Å²) in [5.41, 5.74) is 4.51. The summed E-state index contributed by atoms with van der Waals surface area (Å²) in [4.78, 5) is 15.6. The van der Waals surface area contributed by atoms with Crippen LogP contribution in [0, 0.1) is 10.1 Å². The second-order valence-corrected chi connectivity index (χ2v) is 6.47. The number of nitro groups is 1. The summed E-state index contributed by atoms with van der Waals surface area (Å²) < 4.78 is 5.41. The van der Waals surface area contributed by atoms with E-state index in [0.29, 0.717) is 25.4 Å².